The molecule has 0 fully saturated rings. The molecule has 3 aromatic rings. The predicted molar refractivity (Wildman–Crippen MR) is 389 cm³/mol. The topological polar surface area (TPSA) is 98.7 Å². The van der Waals surface area contributed by atoms with E-state index < -0.39 is 5.60 Å². The molecule has 89 heavy (non-hydrogen) atoms. The van der Waals surface area contributed by atoms with Crippen molar-refractivity contribution < 1.29 is 14.3 Å². The first-order valence-electron chi connectivity index (χ1n) is 37.4. The number of hydrogen-bond acceptors (Lipinski definition) is 8. The number of fused-ring (bicyclic) bond motifs is 3. The molecule has 0 unspecified atom stereocenters. The maximum atomic E-state index is 13.6. The van der Waals surface area contributed by atoms with Crippen molar-refractivity contribution in [1.29, 1.82) is 0 Å². The first-order chi connectivity index (χ1) is 43.7. The fraction of sp³-hybridized carbons (Fsp3) is 0.713. The zero-order chi connectivity index (χ0) is 63.8. The molecule has 9 nitrogen and oxygen atoms in total. The third-order valence-electron chi connectivity index (χ3n) is 17.4. The van der Waals surface area contributed by atoms with Gasteiger partial charge in [0, 0.05) is 18.4 Å². The van der Waals surface area contributed by atoms with Gasteiger partial charge in [0.25, 0.3) is 0 Å². The fourth-order valence-corrected chi connectivity index (χ4v) is 12.1. The molecule has 0 bridgehead atoms. The molecule has 0 radical (unpaired) electrons. The highest BCUT2D eigenvalue weighted by Crippen LogP contribution is 2.31. The van der Waals surface area contributed by atoms with Gasteiger partial charge in [0.15, 0.2) is 5.82 Å². The van der Waals surface area contributed by atoms with E-state index in [1.54, 1.807) is 0 Å². The van der Waals surface area contributed by atoms with E-state index in [1.807, 2.05) is 39.0 Å². The van der Waals surface area contributed by atoms with Crippen molar-refractivity contribution in [2.24, 2.45) is 0 Å². The van der Waals surface area contributed by atoms with Gasteiger partial charge in [0.1, 0.15) is 23.5 Å². The van der Waals surface area contributed by atoms with Crippen molar-refractivity contribution in [2.75, 3.05) is 51.6 Å². The molecule has 0 saturated carbocycles. The third kappa shape index (κ3) is 41.0. The molecule has 0 aliphatic carbocycles. The van der Waals surface area contributed by atoms with Gasteiger partial charge >= 0.3 is 5.97 Å². The van der Waals surface area contributed by atoms with Crippen molar-refractivity contribution in [2.45, 2.75) is 324 Å². The summed E-state index contributed by atoms with van der Waals surface area (Å²) in [6.07, 6.45) is 79.6. The number of para-hydroxylation sites is 1. The number of imidazole rings is 1. The quantitative estimate of drug-likeness (QED) is 0.0339. The van der Waals surface area contributed by atoms with Gasteiger partial charge in [0.2, 0.25) is 0 Å². The number of hydrogen-bond donors (Lipinski definition) is 1. The number of esters is 1. The largest absolute Gasteiger partial charge is 0.458 e. The van der Waals surface area contributed by atoms with Crippen LogP contribution in [0.5, 0.6) is 0 Å². The Labute approximate surface area is 547 Å². The van der Waals surface area contributed by atoms with Gasteiger partial charge in [-0.2, -0.15) is 0 Å². The van der Waals surface area contributed by atoms with Crippen LogP contribution >= 0.6 is 0 Å². The molecule has 2 aromatic heterocycles. The van der Waals surface area contributed by atoms with Crippen LogP contribution in [0.1, 0.15) is 311 Å². The number of nitrogen functional groups attached to an aromatic ring is 1. The maximum Gasteiger partial charge on any atom is 0.306 e. The number of anilines is 1. The van der Waals surface area contributed by atoms with Crippen LogP contribution in [0.3, 0.4) is 0 Å². The molecule has 0 saturated heterocycles. The lowest BCUT2D eigenvalue weighted by molar-refractivity contribution is -0.157. The molecular formula is C80H136N6O3. The highest BCUT2D eigenvalue weighted by atomic mass is 16.6. The molecule has 0 aliphatic heterocycles. The standard InChI is InChI=1S/C80H136N6O3/c1-7-11-14-17-20-23-26-29-32-35-38-41-44-47-50-57-65-84(66-58-51-48-45-42-39-36-33-30-27-24-21-18-15-12-8-2)69-61-70-85(67-59-52-49-46-43-40-37-34-31-28-25-22-19-16-13-9-3)68-60-53-54-64-76(87)89-80(5,6)72-86-75(71-88-10-4)83-77-78(86)73-62-55-56-63-74(73)82-79(77)81/h20-25,29-34,55-56,62-63H,7-19,26-28,35-54,57-61,64-72H2,1-6H3,(H2,81,82)/b23-20-,24-21-,25-22-,32-29-,33-30-,34-31-. The van der Waals surface area contributed by atoms with Crippen LogP contribution in [0.25, 0.3) is 21.9 Å². The molecule has 0 amide bonds. The number of pyridine rings is 1. The average Bonchev–Trinajstić information content (AvgIpc) is 1.69. The number of nitrogens with zero attached hydrogens (tertiary/aromatic N) is 5. The van der Waals surface area contributed by atoms with Gasteiger partial charge in [-0.25, -0.2) is 9.97 Å². The molecular weight excluding hydrogens is 1090 g/mol. The van der Waals surface area contributed by atoms with Gasteiger partial charge in [-0.3, -0.25) is 4.79 Å². The van der Waals surface area contributed by atoms with E-state index in [4.69, 9.17) is 20.2 Å². The summed E-state index contributed by atoms with van der Waals surface area (Å²) in [5.74, 6) is 1.00. The van der Waals surface area contributed by atoms with Crippen LogP contribution in [0.15, 0.2) is 97.2 Å². The van der Waals surface area contributed by atoms with Crippen LogP contribution in [0.2, 0.25) is 0 Å². The van der Waals surface area contributed by atoms with E-state index in [-0.39, 0.29) is 5.97 Å². The number of rotatable bonds is 61. The molecule has 0 atom stereocenters. The molecule has 0 spiro atoms. The SMILES string of the molecule is CCCCC/C=C\C/C=C\CCCCCCCCN(CCCCCCCC/C=C\C/C=C\CCCCC)CCCN(CCCCCCCC/C=C\C/C=C\CCCCC)CCCCCC(=O)OC(C)(C)Cn1c(COCC)nc2c(N)nc3ccccc3c21. The molecule has 9 heteroatoms. The van der Waals surface area contributed by atoms with Crippen LogP contribution in [0.4, 0.5) is 5.82 Å². The number of nitrogens with two attached hydrogens (primary N) is 1. The predicted octanol–water partition coefficient (Wildman–Crippen LogP) is 23.0. The van der Waals surface area contributed by atoms with Crippen molar-refractivity contribution in [1.82, 2.24) is 24.3 Å². The van der Waals surface area contributed by atoms with E-state index in [2.05, 4.69) is 119 Å². The second-order valence-electron chi connectivity index (χ2n) is 26.3. The molecule has 2 heterocycles. The summed E-state index contributed by atoms with van der Waals surface area (Å²) in [7, 11) is 0. The van der Waals surface area contributed by atoms with Crippen molar-refractivity contribution in [3.05, 3.63) is 103 Å². The van der Waals surface area contributed by atoms with Crippen LogP contribution in [-0.2, 0) is 27.4 Å². The number of benzene rings is 1. The zero-order valence-electron chi connectivity index (χ0n) is 58.6. The molecule has 1 aromatic carbocycles. The Balaban J connectivity index is 1.52. The van der Waals surface area contributed by atoms with Gasteiger partial charge in [-0.1, -0.05) is 234 Å². The average molecular weight is 1230 g/mol. The molecule has 2 N–H and O–H groups in total. The van der Waals surface area contributed by atoms with Gasteiger partial charge < -0.3 is 29.6 Å². The van der Waals surface area contributed by atoms with Gasteiger partial charge in [0.05, 0.1) is 17.6 Å². The maximum absolute atomic E-state index is 13.6. The summed E-state index contributed by atoms with van der Waals surface area (Å²) >= 11 is 0. The lowest BCUT2D eigenvalue weighted by Gasteiger charge is -2.27. The van der Waals surface area contributed by atoms with Gasteiger partial charge in [-0.05, 0) is 201 Å². The number of carbonyl (C=O) groups excluding carboxylic acids is 1. The zero-order valence-corrected chi connectivity index (χ0v) is 58.6. The Morgan fingerprint density at radius 3 is 1.26 bits per heavy atom. The molecule has 504 valence electrons. The van der Waals surface area contributed by atoms with E-state index in [1.165, 1.54) is 244 Å². The summed E-state index contributed by atoms with van der Waals surface area (Å²) in [4.78, 5) is 28.7. The first kappa shape index (κ1) is 78.9. The summed E-state index contributed by atoms with van der Waals surface area (Å²) < 4.78 is 14.3. The number of unbranched alkanes of at least 4 members (excludes halogenated alkanes) is 29. The Morgan fingerprint density at radius 1 is 0.472 bits per heavy atom. The highest BCUT2D eigenvalue weighted by Gasteiger charge is 2.28. The highest BCUT2D eigenvalue weighted by molar-refractivity contribution is 6.06. The van der Waals surface area contributed by atoms with Crippen molar-refractivity contribution in [3.8, 4) is 0 Å². The number of allylic oxidation sites excluding steroid dienone is 12. The van der Waals surface area contributed by atoms with Crippen molar-refractivity contribution >= 4 is 33.7 Å². The summed E-state index contributed by atoms with van der Waals surface area (Å²) in [6.45, 7) is 21.2. The molecule has 0 aliphatic rings. The number of ether oxygens (including phenoxy) is 2. The summed E-state index contributed by atoms with van der Waals surface area (Å²) in [5.41, 5.74) is 8.07. The lowest BCUT2D eigenvalue weighted by Crippen LogP contribution is -2.34. The fourth-order valence-electron chi connectivity index (χ4n) is 12.1. The van der Waals surface area contributed by atoms with Crippen LogP contribution in [0, 0.1) is 0 Å². The van der Waals surface area contributed by atoms with E-state index in [9.17, 15) is 4.79 Å². The number of carbonyl (C=O) groups is 1. The number of aromatic nitrogens is 3. The second kappa shape index (κ2) is 55.3. The lowest BCUT2D eigenvalue weighted by atomic mass is 10.1. The Kier molecular flexibility index (Phi) is 49.1. The van der Waals surface area contributed by atoms with Crippen molar-refractivity contribution in [3.63, 3.8) is 0 Å². The Morgan fingerprint density at radius 2 is 0.843 bits per heavy atom. The van der Waals surface area contributed by atoms with Gasteiger partial charge in [-0.15, -0.1) is 0 Å². The Hall–Kier alpha value is -4.31. The normalized spacial score (nSPS) is 12.7. The van der Waals surface area contributed by atoms with E-state index >= 15 is 0 Å². The van der Waals surface area contributed by atoms with Crippen LogP contribution in [-0.4, -0.2) is 81.8 Å². The molecule has 3 rings (SSSR count). The Bertz CT molecular complexity index is 2290. The minimum Gasteiger partial charge on any atom is -0.458 e. The summed E-state index contributed by atoms with van der Waals surface area (Å²) in [5, 5.41) is 0.969. The monoisotopic (exact) mass is 1230 g/mol. The second-order valence-corrected chi connectivity index (χ2v) is 26.3. The minimum atomic E-state index is -0.776. The van der Waals surface area contributed by atoms with Crippen LogP contribution < -0.4 is 5.73 Å². The van der Waals surface area contributed by atoms with E-state index in [0.29, 0.717) is 37.5 Å². The van der Waals surface area contributed by atoms with E-state index in [0.717, 1.165) is 73.9 Å². The third-order valence-corrected chi connectivity index (χ3v) is 17.4. The first-order valence-corrected chi connectivity index (χ1v) is 37.4. The minimum absolute atomic E-state index is 0.144. The summed E-state index contributed by atoms with van der Waals surface area (Å²) in [6, 6.07) is 8.01. The smallest absolute Gasteiger partial charge is 0.306 e.